The first kappa shape index (κ1) is 24.5. The fourth-order valence-corrected chi connectivity index (χ4v) is 9.09. The van der Waals surface area contributed by atoms with Crippen molar-refractivity contribution in [2.24, 2.45) is 46.3 Å². The van der Waals surface area contributed by atoms with E-state index < -0.39 is 0 Å². The largest absolute Gasteiger partial charge is 0.393 e. The summed E-state index contributed by atoms with van der Waals surface area (Å²) in [4.78, 5) is 12.2. The van der Waals surface area contributed by atoms with Crippen LogP contribution in [0.25, 0.3) is 0 Å². The number of rotatable bonds is 5. The molecule has 0 aromatic carbocycles. The zero-order chi connectivity index (χ0) is 23.4. The molecular formula is C27H47NO4. The number of aliphatic hydroxyl groups is 3. The molecule has 4 N–H and O–H groups in total. The van der Waals surface area contributed by atoms with Gasteiger partial charge in [0, 0.05) is 12.5 Å². The molecule has 0 radical (unpaired) electrons. The fourth-order valence-electron chi connectivity index (χ4n) is 9.09. The van der Waals surface area contributed by atoms with Gasteiger partial charge in [-0.05, 0) is 112 Å². The van der Waals surface area contributed by atoms with E-state index in [2.05, 4.69) is 26.1 Å². The van der Waals surface area contributed by atoms with Crippen LogP contribution in [0.3, 0.4) is 0 Å². The molecule has 0 heterocycles. The summed E-state index contributed by atoms with van der Waals surface area (Å²) in [7, 11) is 0. The quantitative estimate of drug-likeness (QED) is 0.513. The maximum Gasteiger partial charge on any atom is 0.220 e. The molecule has 0 spiro atoms. The molecular weight excluding hydrogens is 402 g/mol. The first-order valence-corrected chi connectivity index (χ1v) is 13.3. The third-order valence-electron chi connectivity index (χ3n) is 10.8. The molecule has 4 aliphatic rings. The van der Waals surface area contributed by atoms with Gasteiger partial charge in [-0.1, -0.05) is 20.8 Å². The molecule has 32 heavy (non-hydrogen) atoms. The van der Waals surface area contributed by atoms with Gasteiger partial charge >= 0.3 is 0 Å². The molecule has 5 heteroatoms. The van der Waals surface area contributed by atoms with Crippen molar-refractivity contribution in [3.63, 3.8) is 0 Å². The average molecular weight is 450 g/mol. The second-order valence-electron chi connectivity index (χ2n) is 12.8. The second kappa shape index (κ2) is 8.85. The van der Waals surface area contributed by atoms with Crippen LogP contribution < -0.4 is 5.32 Å². The molecule has 4 saturated carbocycles. The monoisotopic (exact) mass is 449 g/mol. The summed E-state index contributed by atoms with van der Waals surface area (Å²) >= 11 is 0. The zero-order valence-electron chi connectivity index (χ0n) is 20.9. The number of hydrogen-bond acceptors (Lipinski definition) is 4. The number of amides is 1. The standard InChI is InChI=1S/C27H47NO4/c1-15(2)28-24(32)9-6-16(3)19-7-8-20-25-21(14-23(31)27(19,20)5)26(4)11-10-18(29)12-17(26)13-22(25)30/h15-23,25,29-31H,6-14H2,1-5H3,(H,28,32)/t16-,17?,18-,19-,20+,21+,22-,23+,25+,26+,27-/m1/s1. The van der Waals surface area contributed by atoms with E-state index in [1.165, 1.54) is 0 Å². The van der Waals surface area contributed by atoms with Gasteiger partial charge in [-0.15, -0.1) is 0 Å². The van der Waals surface area contributed by atoms with E-state index in [1.54, 1.807) is 0 Å². The van der Waals surface area contributed by atoms with E-state index in [0.29, 0.717) is 36.0 Å². The molecule has 0 saturated heterocycles. The Bertz CT molecular complexity index is 697. The smallest absolute Gasteiger partial charge is 0.220 e. The van der Waals surface area contributed by atoms with Crippen LogP contribution in [0.1, 0.15) is 92.4 Å². The minimum atomic E-state index is -0.359. The predicted octanol–water partition coefficient (Wildman–Crippen LogP) is 3.89. The Morgan fingerprint density at radius 3 is 2.41 bits per heavy atom. The Morgan fingerprint density at radius 2 is 1.72 bits per heavy atom. The van der Waals surface area contributed by atoms with Gasteiger partial charge in [0.25, 0.3) is 0 Å². The topological polar surface area (TPSA) is 89.8 Å². The molecule has 0 bridgehead atoms. The van der Waals surface area contributed by atoms with E-state index in [-0.39, 0.29) is 47.0 Å². The summed E-state index contributed by atoms with van der Waals surface area (Å²) in [6.45, 7) is 10.9. The van der Waals surface area contributed by atoms with E-state index in [4.69, 9.17) is 0 Å². The second-order valence-corrected chi connectivity index (χ2v) is 12.8. The van der Waals surface area contributed by atoms with Crippen molar-refractivity contribution < 1.29 is 20.1 Å². The van der Waals surface area contributed by atoms with Crippen LogP contribution in [0.4, 0.5) is 0 Å². The first-order chi connectivity index (χ1) is 15.0. The van der Waals surface area contributed by atoms with Crippen LogP contribution in [0, 0.1) is 46.3 Å². The van der Waals surface area contributed by atoms with Gasteiger partial charge < -0.3 is 20.6 Å². The summed E-state index contributed by atoms with van der Waals surface area (Å²) in [5.74, 6) is 2.17. The number of aliphatic hydroxyl groups excluding tert-OH is 3. The maximum atomic E-state index is 12.2. The first-order valence-electron chi connectivity index (χ1n) is 13.3. The molecule has 0 aromatic rings. The van der Waals surface area contributed by atoms with Crippen molar-refractivity contribution in [1.82, 2.24) is 5.32 Å². The van der Waals surface area contributed by atoms with Gasteiger partial charge in [0.05, 0.1) is 18.3 Å². The van der Waals surface area contributed by atoms with Crippen LogP contribution in [0.5, 0.6) is 0 Å². The number of carbonyl (C=O) groups is 1. The number of carbonyl (C=O) groups excluding carboxylic acids is 1. The third kappa shape index (κ3) is 3.94. The van der Waals surface area contributed by atoms with Crippen molar-refractivity contribution in [2.75, 3.05) is 0 Å². The highest BCUT2D eigenvalue weighted by molar-refractivity contribution is 5.76. The van der Waals surface area contributed by atoms with E-state index in [1.807, 2.05) is 13.8 Å². The van der Waals surface area contributed by atoms with Crippen LogP contribution in [-0.4, -0.2) is 45.6 Å². The average Bonchev–Trinajstić information content (AvgIpc) is 3.06. The summed E-state index contributed by atoms with van der Waals surface area (Å²) < 4.78 is 0. The summed E-state index contributed by atoms with van der Waals surface area (Å²) in [6, 6.07) is 0.169. The van der Waals surface area contributed by atoms with Gasteiger partial charge in [-0.3, -0.25) is 4.79 Å². The highest BCUT2D eigenvalue weighted by atomic mass is 16.3. The van der Waals surface area contributed by atoms with Crippen LogP contribution in [0.15, 0.2) is 0 Å². The molecule has 1 unspecified atom stereocenters. The summed E-state index contributed by atoms with van der Waals surface area (Å²) in [5, 5.41) is 36.2. The molecule has 4 fully saturated rings. The Balaban J connectivity index is 1.52. The summed E-state index contributed by atoms with van der Waals surface area (Å²) in [6.07, 6.45) is 6.86. The molecule has 5 nitrogen and oxygen atoms in total. The highest BCUT2D eigenvalue weighted by Gasteiger charge is 2.65. The lowest BCUT2D eigenvalue weighted by atomic mass is 9.43. The lowest BCUT2D eigenvalue weighted by molar-refractivity contribution is -0.207. The van der Waals surface area contributed by atoms with E-state index >= 15 is 0 Å². The number of nitrogens with one attached hydrogen (secondary N) is 1. The maximum absolute atomic E-state index is 12.2. The number of fused-ring (bicyclic) bond motifs is 5. The minimum Gasteiger partial charge on any atom is -0.393 e. The lowest BCUT2D eigenvalue weighted by Gasteiger charge is -2.63. The van der Waals surface area contributed by atoms with Crippen LogP contribution >= 0.6 is 0 Å². The molecule has 4 aliphatic carbocycles. The number of hydrogen-bond donors (Lipinski definition) is 4. The van der Waals surface area contributed by atoms with Crippen molar-refractivity contribution >= 4 is 5.91 Å². The van der Waals surface area contributed by atoms with Crippen molar-refractivity contribution in [3.8, 4) is 0 Å². The Morgan fingerprint density at radius 1 is 1.00 bits per heavy atom. The Kier molecular flexibility index (Phi) is 6.77. The molecule has 11 atom stereocenters. The van der Waals surface area contributed by atoms with Gasteiger partial charge in [0.2, 0.25) is 5.91 Å². The van der Waals surface area contributed by atoms with Gasteiger partial charge in [0.15, 0.2) is 0 Å². The molecule has 184 valence electrons. The zero-order valence-corrected chi connectivity index (χ0v) is 20.9. The van der Waals surface area contributed by atoms with Gasteiger partial charge in [-0.25, -0.2) is 0 Å². The van der Waals surface area contributed by atoms with Crippen molar-refractivity contribution in [2.45, 2.75) is 117 Å². The van der Waals surface area contributed by atoms with Gasteiger partial charge in [-0.2, -0.15) is 0 Å². The lowest BCUT2D eigenvalue weighted by Crippen LogP contribution is -2.62. The Labute approximate surface area is 194 Å². The predicted molar refractivity (Wildman–Crippen MR) is 126 cm³/mol. The van der Waals surface area contributed by atoms with E-state index in [0.717, 1.165) is 51.4 Å². The minimum absolute atomic E-state index is 0.115. The molecule has 0 aliphatic heterocycles. The van der Waals surface area contributed by atoms with Crippen LogP contribution in [0.2, 0.25) is 0 Å². The third-order valence-corrected chi connectivity index (χ3v) is 10.8. The fraction of sp³-hybridized carbons (Fsp3) is 0.963. The molecule has 4 rings (SSSR count). The van der Waals surface area contributed by atoms with E-state index in [9.17, 15) is 20.1 Å². The highest BCUT2D eigenvalue weighted by Crippen LogP contribution is 2.68. The molecule has 1 amide bonds. The normalized spacial score (nSPS) is 49.2. The van der Waals surface area contributed by atoms with Gasteiger partial charge in [0.1, 0.15) is 0 Å². The molecule has 0 aromatic heterocycles. The van der Waals surface area contributed by atoms with Crippen LogP contribution in [-0.2, 0) is 4.79 Å². The summed E-state index contributed by atoms with van der Waals surface area (Å²) in [5.41, 5.74) is -0.0719. The Hall–Kier alpha value is -0.650. The van der Waals surface area contributed by atoms with Crippen molar-refractivity contribution in [1.29, 1.82) is 0 Å². The van der Waals surface area contributed by atoms with Crippen molar-refractivity contribution in [3.05, 3.63) is 0 Å². The SMILES string of the molecule is CC(C)NC(=O)CC[C@@H](C)[C@H]1CC[C@H]2[C@@H]3[C@H](O)CC4C[C@H](O)CC[C@]4(C)[C@H]3C[C@H](O)[C@]12C.